The van der Waals surface area contributed by atoms with E-state index < -0.39 is 0 Å². The molecule has 0 aliphatic carbocycles. The molecule has 0 aliphatic rings. The molecule has 0 radical (unpaired) electrons. The Hall–Kier alpha value is -2.07. The van der Waals surface area contributed by atoms with Crippen LogP contribution >= 0.6 is 15.9 Å². The molecule has 0 saturated carbocycles. The Kier molecular flexibility index (Phi) is 3.79. The Bertz CT molecular complexity index is 639. The molecule has 3 N–H and O–H groups in total. The maximum Gasteiger partial charge on any atom is 0.340 e. The number of nitrogens with one attached hydrogen (secondary N) is 3. The predicted molar refractivity (Wildman–Crippen MR) is 70.3 cm³/mol. The SMILES string of the molecule is N#Cc1cc(Br)ccc1NCCc1n[nH]c(=O)[nH]1. The number of H-pyrrole nitrogens is 2. The fourth-order valence-corrected chi connectivity index (χ4v) is 1.86. The van der Waals surface area contributed by atoms with E-state index >= 15 is 0 Å². The van der Waals surface area contributed by atoms with E-state index in [0.29, 0.717) is 24.4 Å². The van der Waals surface area contributed by atoms with E-state index in [1.807, 2.05) is 12.1 Å². The molecule has 0 atom stereocenters. The first kappa shape index (κ1) is 12.4. The number of halogens is 1. The Morgan fingerprint density at radius 3 is 3.00 bits per heavy atom. The second-order valence-electron chi connectivity index (χ2n) is 3.60. The maximum absolute atomic E-state index is 10.8. The highest BCUT2D eigenvalue weighted by molar-refractivity contribution is 9.10. The van der Waals surface area contributed by atoms with Gasteiger partial charge in [-0.1, -0.05) is 15.9 Å². The molecular weight excluding hydrogens is 298 g/mol. The number of nitriles is 1. The summed E-state index contributed by atoms with van der Waals surface area (Å²) in [5.41, 5.74) is 1.02. The van der Waals surface area contributed by atoms with Crippen LogP contribution in [0.3, 0.4) is 0 Å². The molecule has 1 aromatic carbocycles. The molecule has 7 heteroatoms. The first-order valence-electron chi connectivity index (χ1n) is 5.26. The highest BCUT2D eigenvalue weighted by Gasteiger charge is 2.03. The van der Waals surface area contributed by atoms with Crippen LogP contribution in [0.4, 0.5) is 5.69 Å². The first-order chi connectivity index (χ1) is 8.69. The molecule has 92 valence electrons. The van der Waals surface area contributed by atoms with Crippen molar-refractivity contribution in [3.63, 3.8) is 0 Å². The highest BCUT2D eigenvalue weighted by atomic mass is 79.9. The molecule has 0 spiro atoms. The van der Waals surface area contributed by atoms with Crippen molar-refractivity contribution in [2.75, 3.05) is 11.9 Å². The summed E-state index contributed by atoms with van der Waals surface area (Å²) in [7, 11) is 0. The molecule has 0 bridgehead atoms. The second-order valence-corrected chi connectivity index (χ2v) is 4.52. The smallest absolute Gasteiger partial charge is 0.340 e. The molecule has 0 saturated heterocycles. The Labute approximate surface area is 111 Å². The Balaban J connectivity index is 1.98. The molecule has 1 aromatic heterocycles. The molecule has 0 aliphatic heterocycles. The van der Waals surface area contributed by atoms with Crippen molar-refractivity contribution in [3.8, 4) is 6.07 Å². The van der Waals surface area contributed by atoms with E-state index in [1.165, 1.54) is 0 Å². The van der Waals surface area contributed by atoms with Gasteiger partial charge >= 0.3 is 5.69 Å². The van der Waals surface area contributed by atoms with Gasteiger partial charge in [0.25, 0.3) is 0 Å². The summed E-state index contributed by atoms with van der Waals surface area (Å²) in [6.45, 7) is 0.580. The van der Waals surface area contributed by atoms with Gasteiger partial charge in [0.2, 0.25) is 0 Å². The number of nitrogens with zero attached hydrogens (tertiary/aromatic N) is 2. The standard InChI is InChI=1S/C11H10BrN5O/c12-8-1-2-9(7(5-8)6-13)14-4-3-10-15-11(18)17-16-10/h1-2,5,14H,3-4H2,(H2,15,16,17,18). The summed E-state index contributed by atoms with van der Waals surface area (Å²) in [5.74, 6) is 0.586. The van der Waals surface area contributed by atoms with E-state index in [2.05, 4.69) is 42.5 Å². The minimum absolute atomic E-state index is 0.314. The normalized spacial score (nSPS) is 10.0. The molecule has 1 heterocycles. The lowest BCUT2D eigenvalue weighted by atomic mass is 10.2. The van der Waals surface area contributed by atoms with Crippen molar-refractivity contribution < 1.29 is 0 Å². The van der Waals surface area contributed by atoms with Crippen molar-refractivity contribution in [2.45, 2.75) is 6.42 Å². The van der Waals surface area contributed by atoms with Gasteiger partial charge in [0.1, 0.15) is 11.9 Å². The number of anilines is 1. The molecule has 2 rings (SSSR count). The topological polar surface area (TPSA) is 97.4 Å². The zero-order valence-electron chi connectivity index (χ0n) is 9.33. The lowest BCUT2D eigenvalue weighted by Gasteiger charge is -2.07. The lowest BCUT2D eigenvalue weighted by molar-refractivity contribution is 0.901. The number of hydrogen-bond acceptors (Lipinski definition) is 4. The van der Waals surface area contributed by atoms with Gasteiger partial charge in [0, 0.05) is 17.4 Å². The molecule has 0 amide bonds. The predicted octanol–water partition coefficient (Wildman–Crippen LogP) is 1.39. The van der Waals surface area contributed by atoms with Crippen molar-refractivity contribution >= 4 is 21.6 Å². The number of benzene rings is 1. The van der Waals surface area contributed by atoms with Crippen LogP contribution in [0.15, 0.2) is 27.5 Å². The quantitative estimate of drug-likeness (QED) is 0.795. The van der Waals surface area contributed by atoms with E-state index in [-0.39, 0.29) is 5.69 Å². The van der Waals surface area contributed by atoms with Gasteiger partial charge in [0.05, 0.1) is 11.3 Å². The third kappa shape index (κ3) is 2.99. The minimum atomic E-state index is -0.314. The zero-order chi connectivity index (χ0) is 13.0. The fraction of sp³-hybridized carbons (Fsp3) is 0.182. The number of aromatic nitrogens is 3. The Morgan fingerprint density at radius 1 is 1.50 bits per heavy atom. The van der Waals surface area contributed by atoms with Gasteiger partial charge in [-0.2, -0.15) is 10.4 Å². The van der Waals surface area contributed by atoms with E-state index in [4.69, 9.17) is 5.26 Å². The van der Waals surface area contributed by atoms with Crippen LogP contribution in [-0.2, 0) is 6.42 Å². The largest absolute Gasteiger partial charge is 0.384 e. The average molecular weight is 308 g/mol. The fourth-order valence-electron chi connectivity index (χ4n) is 1.50. The average Bonchev–Trinajstić information content (AvgIpc) is 2.77. The van der Waals surface area contributed by atoms with Crippen LogP contribution < -0.4 is 11.0 Å². The maximum atomic E-state index is 10.8. The van der Waals surface area contributed by atoms with Gasteiger partial charge in [-0.15, -0.1) is 0 Å². The second kappa shape index (κ2) is 5.51. The number of aromatic amines is 2. The van der Waals surface area contributed by atoms with E-state index in [9.17, 15) is 4.79 Å². The lowest BCUT2D eigenvalue weighted by Crippen LogP contribution is -2.08. The summed E-state index contributed by atoms with van der Waals surface area (Å²) < 4.78 is 0.862. The van der Waals surface area contributed by atoms with Gasteiger partial charge in [0.15, 0.2) is 0 Å². The van der Waals surface area contributed by atoms with Gasteiger partial charge in [-0.05, 0) is 18.2 Å². The van der Waals surface area contributed by atoms with Crippen LogP contribution in [0, 0.1) is 11.3 Å². The number of rotatable bonds is 4. The van der Waals surface area contributed by atoms with Gasteiger partial charge in [-0.25, -0.2) is 9.89 Å². The highest BCUT2D eigenvalue weighted by Crippen LogP contribution is 2.19. The van der Waals surface area contributed by atoms with Crippen LogP contribution in [0.1, 0.15) is 11.4 Å². The van der Waals surface area contributed by atoms with Crippen molar-refractivity contribution in [2.24, 2.45) is 0 Å². The number of hydrogen-bond donors (Lipinski definition) is 3. The molecule has 6 nitrogen and oxygen atoms in total. The molecular formula is C11H10BrN5O. The molecule has 0 fully saturated rings. The van der Waals surface area contributed by atoms with Crippen molar-refractivity contribution in [1.29, 1.82) is 5.26 Å². The van der Waals surface area contributed by atoms with Crippen LogP contribution in [0.5, 0.6) is 0 Å². The van der Waals surface area contributed by atoms with Crippen molar-refractivity contribution in [3.05, 3.63) is 44.5 Å². The van der Waals surface area contributed by atoms with Crippen LogP contribution in [0.25, 0.3) is 0 Å². The van der Waals surface area contributed by atoms with Crippen molar-refractivity contribution in [1.82, 2.24) is 15.2 Å². The van der Waals surface area contributed by atoms with E-state index in [0.717, 1.165) is 10.2 Å². The van der Waals surface area contributed by atoms with E-state index in [1.54, 1.807) is 6.07 Å². The summed E-state index contributed by atoms with van der Waals surface area (Å²) >= 11 is 3.31. The third-order valence-electron chi connectivity index (χ3n) is 2.33. The minimum Gasteiger partial charge on any atom is -0.384 e. The van der Waals surface area contributed by atoms with Crippen LogP contribution in [0.2, 0.25) is 0 Å². The molecule has 18 heavy (non-hydrogen) atoms. The summed E-state index contributed by atoms with van der Waals surface area (Å²) in [5, 5.41) is 18.2. The first-order valence-corrected chi connectivity index (χ1v) is 6.05. The summed E-state index contributed by atoms with van der Waals surface area (Å²) in [4.78, 5) is 13.4. The zero-order valence-corrected chi connectivity index (χ0v) is 10.9. The van der Waals surface area contributed by atoms with Gasteiger partial charge < -0.3 is 5.32 Å². The Morgan fingerprint density at radius 2 is 2.33 bits per heavy atom. The summed E-state index contributed by atoms with van der Waals surface area (Å²) in [6, 6.07) is 7.56. The third-order valence-corrected chi connectivity index (χ3v) is 2.82. The molecule has 0 unspecified atom stereocenters. The molecule has 2 aromatic rings. The monoisotopic (exact) mass is 307 g/mol. The summed E-state index contributed by atoms with van der Waals surface area (Å²) in [6.07, 6.45) is 0.569. The van der Waals surface area contributed by atoms with Gasteiger partial charge in [-0.3, -0.25) is 4.98 Å². The van der Waals surface area contributed by atoms with Crippen LogP contribution in [-0.4, -0.2) is 21.7 Å².